The van der Waals surface area contributed by atoms with Crippen molar-refractivity contribution in [1.82, 2.24) is 0 Å². The van der Waals surface area contributed by atoms with Crippen LogP contribution >= 0.6 is 0 Å². The van der Waals surface area contributed by atoms with Gasteiger partial charge in [-0.15, -0.1) is 0 Å². The number of aryl methyl sites for hydroxylation is 1. The standard InChI is InChI=1S/C27H24BNO2Si/c1-2-21-18-19-26(28(30)31)25(20-29)27(21)32(22-12-6-3-7-13-22,23-14-8-4-9-15-23)24-16-10-5-11-17-24/h3-19,30-31H,2H2,1H3. The summed E-state index contributed by atoms with van der Waals surface area (Å²) < 4.78 is 0. The Hall–Kier alpha value is -3.43. The van der Waals surface area contributed by atoms with Crippen LogP contribution in [-0.4, -0.2) is 25.2 Å². The van der Waals surface area contributed by atoms with Crippen LogP contribution in [0.2, 0.25) is 0 Å². The fourth-order valence-electron chi connectivity index (χ4n) is 4.72. The van der Waals surface area contributed by atoms with Gasteiger partial charge in [-0.2, -0.15) is 5.26 Å². The SMILES string of the molecule is CCc1ccc(B(O)O)c(C#N)c1[Si](c1ccccc1)(c1ccccc1)c1ccccc1. The first-order chi connectivity index (χ1) is 15.6. The van der Waals surface area contributed by atoms with E-state index in [4.69, 9.17) is 0 Å². The van der Waals surface area contributed by atoms with E-state index in [0.717, 1.165) is 32.7 Å². The molecule has 4 rings (SSSR count). The molecule has 0 bridgehead atoms. The molecule has 0 aliphatic heterocycles. The van der Waals surface area contributed by atoms with Gasteiger partial charge in [-0.25, -0.2) is 0 Å². The number of benzene rings is 4. The average Bonchev–Trinajstić information content (AvgIpc) is 2.86. The second kappa shape index (κ2) is 9.37. The Labute approximate surface area is 190 Å². The Morgan fingerprint density at radius 3 is 1.50 bits per heavy atom. The maximum atomic E-state index is 10.3. The zero-order chi connectivity index (χ0) is 22.6. The molecule has 0 saturated heterocycles. The lowest BCUT2D eigenvalue weighted by Gasteiger charge is -2.37. The highest BCUT2D eigenvalue weighted by Gasteiger charge is 2.45. The molecule has 156 valence electrons. The monoisotopic (exact) mass is 433 g/mol. The van der Waals surface area contributed by atoms with E-state index in [1.165, 1.54) is 0 Å². The minimum absolute atomic E-state index is 0.249. The molecular formula is C27H24BNO2Si. The van der Waals surface area contributed by atoms with Crippen molar-refractivity contribution in [3.63, 3.8) is 0 Å². The molecule has 0 unspecified atom stereocenters. The van der Waals surface area contributed by atoms with E-state index in [1.54, 1.807) is 6.07 Å². The zero-order valence-electron chi connectivity index (χ0n) is 17.9. The highest BCUT2D eigenvalue weighted by molar-refractivity contribution is 7.20. The van der Waals surface area contributed by atoms with Gasteiger partial charge in [0.25, 0.3) is 0 Å². The Balaban J connectivity index is 2.28. The van der Waals surface area contributed by atoms with Crippen LogP contribution in [-0.2, 0) is 6.42 Å². The molecule has 0 spiro atoms. The Bertz CT molecular complexity index is 1140. The van der Waals surface area contributed by atoms with E-state index in [9.17, 15) is 15.3 Å². The van der Waals surface area contributed by atoms with Gasteiger partial charge >= 0.3 is 7.12 Å². The van der Waals surface area contributed by atoms with Crippen LogP contribution in [0.5, 0.6) is 0 Å². The molecule has 32 heavy (non-hydrogen) atoms. The van der Waals surface area contributed by atoms with Crippen molar-refractivity contribution in [3.05, 3.63) is 114 Å². The summed E-state index contributed by atoms with van der Waals surface area (Å²) in [5.74, 6) is 0. The lowest BCUT2D eigenvalue weighted by atomic mass is 9.76. The molecule has 5 heteroatoms. The van der Waals surface area contributed by atoms with Gasteiger partial charge in [0.1, 0.15) is 0 Å². The Morgan fingerprint density at radius 2 is 1.16 bits per heavy atom. The molecule has 0 aliphatic rings. The number of nitriles is 1. The van der Waals surface area contributed by atoms with Crippen molar-refractivity contribution in [2.75, 3.05) is 0 Å². The molecule has 4 aromatic carbocycles. The van der Waals surface area contributed by atoms with E-state index in [2.05, 4.69) is 49.4 Å². The Morgan fingerprint density at radius 1 is 0.719 bits per heavy atom. The molecule has 0 saturated carbocycles. The lowest BCUT2D eigenvalue weighted by Crippen LogP contribution is -2.76. The summed E-state index contributed by atoms with van der Waals surface area (Å²) in [5.41, 5.74) is 1.66. The molecule has 0 fully saturated rings. The van der Waals surface area contributed by atoms with Gasteiger partial charge in [0.2, 0.25) is 0 Å². The number of nitrogens with zero attached hydrogens (tertiary/aromatic N) is 1. The first-order valence-corrected chi connectivity index (χ1v) is 12.7. The number of rotatable bonds is 6. The predicted octanol–water partition coefficient (Wildman–Crippen LogP) is 1.18. The van der Waals surface area contributed by atoms with E-state index in [1.807, 2.05) is 60.7 Å². The summed E-state index contributed by atoms with van der Waals surface area (Å²) in [6, 6.07) is 37.0. The van der Waals surface area contributed by atoms with Crippen LogP contribution in [0.4, 0.5) is 0 Å². The molecule has 0 atom stereocenters. The van der Waals surface area contributed by atoms with Crippen molar-refractivity contribution in [3.8, 4) is 6.07 Å². The van der Waals surface area contributed by atoms with Crippen LogP contribution in [0.15, 0.2) is 103 Å². The van der Waals surface area contributed by atoms with Crippen LogP contribution in [0.25, 0.3) is 0 Å². The maximum absolute atomic E-state index is 10.3. The average molecular weight is 433 g/mol. The Kier molecular flexibility index (Phi) is 6.38. The zero-order valence-corrected chi connectivity index (χ0v) is 18.9. The van der Waals surface area contributed by atoms with E-state index < -0.39 is 15.2 Å². The van der Waals surface area contributed by atoms with Crippen LogP contribution in [0.3, 0.4) is 0 Å². The van der Waals surface area contributed by atoms with E-state index in [-0.39, 0.29) is 5.46 Å². The molecule has 2 N–H and O–H groups in total. The highest BCUT2D eigenvalue weighted by atomic mass is 28.3. The third-order valence-corrected chi connectivity index (χ3v) is 11.0. The minimum Gasteiger partial charge on any atom is -0.423 e. The summed E-state index contributed by atoms with van der Waals surface area (Å²) in [6.07, 6.45) is 0.729. The van der Waals surface area contributed by atoms with Crippen LogP contribution in [0.1, 0.15) is 18.1 Å². The molecule has 0 amide bonds. The minimum atomic E-state index is -2.95. The van der Waals surface area contributed by atoms with E-state index in [0.29, 0.717) is 5.56 Å². The van der Waals surface area contributed by atoms with Crippen LogP contribution < -0.4 is 26.2 Å². The summed E-state index contributed by atoms with van der Waals surface area (Å²) >= 11 is 0. The molecule has 3 nitrogen and oxygen atoms in total. The highest BCUT2D eigenvalue weighted by Crippen LogP contribution is 2.15. The summed E-state index contributed by atoms with van der Waals surface area (Å²) in [6.45, 7) is 2.08. The van der Waals surface area contributed by atoms with Crippen molar-refractivity contribution in [2.45, 2.75) is 13.3 Å². The molecule has 0 aromatic heterocycles. The first-order valence-electron chi connectivity index (χ1n) is 10.7. The van der Waals surface area contributed by atoms with Crippen molar-refractivity contribution in [2.24, 2.45) is 0 Å². The largest absolute Gasteiger partial charge is 0.489 e. The van der Waals surface area contributed by atoms with E-state index >= 15 is 0 Å². The fraction of sp³-hybridized carbons (Fsp3) is 0.0741. The number of hydrogen-bond acceptors (Lipinski definition) is 3. The summed E-state index contributed by atoms with van der Waals surface area (Å²) in [4.78, 5) is 0. The second-order valence-corrected chi connectivity index (χ2v) is 11.5. The van der Waals surface area contributed by atoms with Gasteiger partial charge in [-0.3, -0.25) is 0 Å². The molecule has 0 radical (unpaired) electrons. The maximum Gasteiger partial charge on any atom is 0.489 e. The normalized spacial score (nSPS) is 11.1. The van der Waals surface area contributed by atoms with Gasteiger partial charge in [-0.1, -0.05) is 110 Å². The number of hydrogen-bond donors (Lipinski definition) is 2. The molecule has 4 aromatic rings. The van der Waals surface area contributed by atoms with Gasteiger partial charge in [-0.05, 0) is 38.2 Å². The molecule has 0 heterocycles. The molecule has 0 aliphatic carbocycles. The lowest BCUT2D eigenvalue weighted by molar-refractivity contribution is 0.425. The van der Waals surface area contributed by atoms with Gasteiger partial charge in [0, 0.05) is 0 Å². The van der Waals surface area contributed by atoms with Gasteiger partial charge in [0.15, 0.2) is 8.07 Å². The summed E-state index contributed by atoms with van der Waals surface area (Å²) in [7, 11) is -4.67. The van der Waals surface area contributed by atoms with Crippen molar-refractivity contribution < 1.29 is 10.0 Å². The third-order valence-electron chi connectivity index (χ3n) is 6.09. The fourth-order valence-corrected chi connectivity index (χ4v) is 9.98. The van der Waals surface area contributed by atoms with Crippen molar-refractivity contribution >= 4 is 41.4 Å². The smallest absolute Gasteiger partial charge is 0.423 e. The molecular weight excluding hydrogens is 409 g/mol. The van der Waals surface area contributed by atoms with Crippen molar-refractivity contribution in [1.29, 1.82) is 5.26 Å². The third kappa shape index (κ3) is 3.59. The first kappa shape index (κ1) is 21.8. The topological polar surface area (TPSA) is 64.2 Å². The van der Waals surface area contributed by atoms with Gasteiger partial charge in [0.05, 0.1) is 11.6 Å². The quantitative estimate of drug-likeness (QED) is 0.355. The second-order valence-electron chi connectivity index (χ2n) is 7.75. The summed E-state index contributed by atoms with van der Waals surface area (Å²) in [5, 5.41) is 34.9. The van der Waals surface area contributed by atoms with Crippen LogP contribution in [0, 0.1) is 11.3 Å². The van der Waals surface area contributed by atoms with Gasteiger partial charge < -0.3 is 10.0 Å². The predicted molar refractivity (Wildman–Crippen MR) is 134 cm³/mol.